The van der Waals surface area contributed by atoms with Gasteiger partial charge < -0.3 is 15.2 Å². The van der Waals surface area contributed by atoms with Crippen molar-refractivity contribution in [3.63, 3.8) is 0 Å². The highest BCUT2D eigenvalue weighted by Crippen LogP contribution is 2.52. The monoisotopic (exact) mass is 322 g/mol. The lowest BCUT2D eigenvalue weighted by atomic mass is 9.53. The molecule has 1 aliphatic carbocycles. The molecule has 1 saturated carbocycles. The molecule has 0 aromatic carbocycles. The molecular weight excluding hydrogens is 300 g/mol. The molecule has 23 heavy (non-hydrogen) atoms. The van der Waals surface area contributed by atoms with Gasteiger partial charge in [0.05, 0.1) is 13.0 Å². The number of aliphatic carboxylic acids is 1. The lowest BCUT2D eigenvalue weighted by Crippen LogP contribution is -2.57. The van der Waals surface area contributed by atoms with Gasteiger partial charge in [0.25, 0.3) is 0 Å². The Hall–Kier alpha value is -2.38. The number of hydrogen-bond donors (Lipinski definition) is 3. The molecule has 1 aliphatic rings. The van der Waals surface area contributed by atoms with Crippen molar-refractivity contribution in [3.05, 3.63) is 12.4 Å². The van der Waals surface area contributed by atoms with E-state index in [4.69, 9.17) is 9.84 Å². The van der Waals surface area contributed by atoms with Crippen LogP contribution < -0.4 is 15.4 Å². The Balaban J connectivity index is 1.92. The van der Waals surface area contributed by atoms with Crippen LogP contribution in [0.4, 0.5) is 10.6 Å². The number of rotatable bonds is 5. The van der Waals surface area contributed by atoms with Gasteiger partial charge in [0, 0.05) is 12.1 Å². The summed E-state index contributed by atoms with van der Waals surface area (Å²) in [6, 6.07) is 0.968. The van der Waals surface area contributed by atoms with Crippen LogP contribution in [0.5, 0.6) is 5.88 Å². The molecule has 0 spiro atoms. The summed E-state index contributed by atoms with van der Waals surface area (Å²) >= 11 is 0. The molecule has 8 heteroatoms. The first-order chi connectivity index (χ1) is 10.8. The van der Waals surface area contributed by atoms with E-state index < -0.39 is 12.0 Å². The van der Waals surface area contributed by atoms with E-state index >= 15 is 0 Å². The third-order valence-corrected chi connectivity index (χ3v) is 4.70. The van der Waals surface area contributed by atoms with E-state index in [-0.39, 0.29) is 23.3 Å². The van der Waals surface area contributed by atoms with Gasteiger partial charge >= 0.3 is 12.0 Å². The molecule has 1 aromatic rings. The molecule has 0 radical (unpaired) electrons. The van der Waals surface area contributed by atoms with Crippen LogP contribution in [-0.2, 0) is 4.79 Å². The molecule has 126 valence electrons. The van der Waals surface area contributed by atoms with Crippen molar-refractivity contribution in [1.82, 2.24) is 15.3 Å². The van der Waals surface area contributed by atoms with Crippen molar-refractivity contribution in [1.29, 1.82) is 0 Å². The van der Waals surface area contributed by atoms with E-state index in [0.717, 1.165) is 0 Å². The first kappa shape index (κ1) is 17.0. The number of ether oxygens (including phenoxy) is 1. The Morgan fingerprint density at radius 2 is 2.13 bits per heavy atom. The summed E-state index contributed by atoms with van der Waals surface area (Å²) in [6.07, 6.45) is 1.86. The van der Waals surface area contributed by atoms with E-state index in [1.54, 1.807) is 0 Å². The highest BCUT2D eigenvalue weighted by atomic mass is 16.5. The van der Waals surface area contributed by atoms with Crippen LogP contribution in [0.3, 0.4) is 0 Å². The second-order valence-corrected chi connectivity index (χ2v) is 6.39. The van der Waals surface area contributed by atoms with E-state index in [0.29, 0.717) is 18.1 Å². The summed E-state index contributed by atoms with van der Waals surface area (Å²) in [6.45, 7) is 5.72. The maximum Gasteiger partial charge on any atom is 0.320 e. The molecule has 0 saturated heterocycles. The number of anilines is 1. The van der Waals surface area contributed by atoms with Crippen LogP contribution in [0, 0.1) is 17.3 Å². The van der Waals surface area contributed by atoms with Crippen molar-refractivity contribution >= 4 is 17.8 Å². The SMILES string of the molecule is COc1cc(NC(=O)NC(C)[C@@H]2C[C@H](C(=O)O)C2(C)C)ncn1. The number of urea groups is 1. The molecular formula is C15H22N4O4. The third-order valence-electron chi connectivity index (χ3n) is 4.70. The third kappa shape index (κ3) is 3.52. The average molecular weight is 322 g/mol. The molecule has 1 heterocycles. The summed E-state index contributed by atoms with van der Waals surface area (Å²) < 4.78 is 4.97. The number of methoxy groups -OCH3 is 1. The fourth-order valence-corrected chi connectivity index (χ4v) is 3.21. The van der Waals surface area contributed by atoms with E-state index in [1.165, 1.54) is 19.5 Å². The first-order valence-corrected chi connectivity index (χ1v) is 7.42. The molecule has 0 bridgehead atoms. The highest BCUT2D eigenvalue weighted by Gasteiger charge is 2.53. The fraction of sp³-hybridized carbons (Fsp3) is 0.600. The molecule has 0 aliphatic heterocycles. The number of aromatic nitrogens is 2. The molecule has 2 rings (SSSR count). The van der Waals surface area contributed by atoms with Crippen LogP contribution >= 0.6 is 0 Å². The predicted molar refractivity (Wildman–Crippen MR) is 83.2 cm³/mol. The van der Waals surface area contributed by atoms with Gasteiger partial charge in [-0.25, -0.2) is 14.8 Å². The summed E-state index contributed by atoms with van der Waals surface area (Å²) in [4.78, 5) is 31.0. The second-order valence-electron chi connectivity index (χ2n) is 6.39. The van der Waals surface area contributed by atoms with E-state index in [9.17, 15) is 9.59 Å². The molecule has 1 unspecified atom stereocenters. The van der Waals surface area contributed by atoms with Crippen molar-refractivity contribution < 1.29 is 19.4 Å². The maximum atomic E-state index is 12.1. The van der Waals surface area contributed by atoms with Crippen LogP contribution in [0.2, 0.25) is 0 Å². The number of carboxylic acids is 1. The lowest BCUT2D eigenvalue weighted by molar-refractivity contribution is -0.160. The molecule has 2 amide bonds. The number of nitrogens with one attached hydrogen (secondary N) is 2. The number of amides is 2. The molecule has 3 N–H and O–H groups in total. The Bertz CT molecular complexity index is 605. The van der Waals surface area contributed by atoms with Crippen molar-refractivity contribution in [2.24, 2.45) is 17.3 Å². The summed E-state index contributed by atoms with van der Waals surface area (Å²) in [5.74, 6) is -0.359. The van der Waals surface area contributed by atoms with Gasteiger partial charge in [-0.2, -0.15) is 0 Å². The minimum absolute atomic E-state index is 0.106. The Morgan fingerprint density at radius 1 is 1.43 bits per heavy atom. The van der Waals surface area contributed by atoms with E-state index in [1.807, 2.05) is 20.8 Å². The van der Waals surface area contributed by atoms with Crippen molar-refractivity contribution in [3.8, 4) is 5.88 Å². The van der Waals surface area contributed by atoms with Crippen molar-refractivity contribution in [2.45, 2.75) is 33.2 Å². The largest absolute Gasteiger partial charge is 0.481 e. The van der Waals surface area contributed by atoms with Gasteiger partial charge in [-0.15, -0.1) is 0 Å². The first-order valence-electron chi connectivity index (χ1n) is 7.42. The lowest BCUT2D eigenvalue weighted by Gasteiger charge is -2.52. The molecule has 1 aromatic heterocycles. The van der Waals surface area contributed by atoms with Crippen LogP contribution in [0.1, 0.15) is 27.2 Å². The smallest absolute Gasteiger partial charge is 0.320 e. The zero-order chi connectivity index (χ0) is 17.2. The summed E-state index contributed by atoms with van der Waals surface area (Å²) in [7, 11) is 1.48. The second kappa shape index (κ2) is 6.39. The van der Waals surface area contributed by atoms with Crippen LogP contribution in [0.25, 0.3) is 0 Å². The molecule has 3 atom stereocenters. The van der Waals surface area contributed by atoms with Gasteiger partial charge in [0.15, 0.2) is 0 Å². The van der Waals surface area contributed by atoms with Crippen molar-refractivity contribution in [2.75, 3.05) is 12.4 Å². The van der Waals surface area contributed by atoms with E-state index in [2.05, 4.69) is 20.6 Å². The number of carbonyl (C=O) groups excluding carboxylic acids is 1. The zero-order valence-corrected chi connectivity index (χ0v) is 13.7. The zero-order valence-electron chi connectivity index (χ0n) is 13.7. The standard InChI is InChI=1S/C15H22N4O4/c1-8(9-5-10(13(20)21)15(9,2)3)18-14(22)19-11-6-12(23-4)17-7-16-11/h6-10H,5H2,1-4H3,(H,20,21)(H2,16,17,18,19,22)/t8?,9-,10+/m0/s1. The molecule has 1 fully saturated rings. The minimum atomic E-state index is -0.781. The average Bonchev–Trinajstić information content (AvgIpc) is 2.45. The normalized spacial score (nSPS) is 23.3. The fourth-order valence-electron chi connectivity index (χ4n) is 3.21. The van der Waals surface area contributed by atoms with Crippen LogP contribution in [0.15, 0.2) is 12.4 Å². The number of carboxylic acid groups (broad SMARTS) is 1. The van der Waals surface area contributed by atoms with Gasteiger partial charge in [0.1, 0.15) is 12.1 Å². The van der Waals surface area contributed by atoms with Gasteiger partial charge in [-0.05, 0) is 24.7 Å². The minimum Gasteiger partial charge on any atom is -0.481 e. The summed E-state index contributed by atoms with van der Waals surface area (Å²) in [5.41, 5.74) is -0.351. The van der Waals surface area contributed by atoms with Crippen LogP contribution in [-0.4, -0.2) is 40.2 Å². The Kier molecular flexibility index (Phi) is 4.72. The maximum absolute atomic E-state index is 12.1. The van der Waals surface area contributed by atoms with Gasteiger partial charge in [0.2, 0.25) is 5.88 Å². The number of nitrogens with zero attached hydrogens (tertiary/aromatic N) is 2. The number of carbonyl (C=O) groups is 2. The Labute approximate surface area is 134 Å². The number of hydrogen-bond acceptors (Lipinski definition) is 5. The topological polar surface area (TPSA) is 113 Å². The highest BCUT2D eigenvalue weighted by molar-refractivity contribution is 5.88. The molecule has 8 nitrogen and oxygen atoms in total. The quantitative estimate of drug-likeness (QED) is 0.761. The predicted octanol–water partition coefficient (Wildman–Crippen LogP) is 1.74. The van der Waals surface area contributed by atoms with Gasteiger partial charge in [-0.3, -0.25) is 10.1 Å². The summed E-state index contributed by atoms with van der Waals surface area (Å²) in [5, 5.41) is 14.6. The van der Waals surface area contributed by atoms with Gasteiger partial charge in [-0.1, -0.05) is 13.8 Å². The Morgan fingerprint density at radius 3 is 2.70 bits per heavy atom.